The van der Waals surface area contributed by atoms with Crippen molar-refractivity contribution in [2.24, 2.45) is 0 Å². The second-order valence-electron chi connectivity index (χ2n) is 7.29. The van der Waals surface area contributed by atoms with Crippen LogP contribution in [-0.2, 0) is 28.8 Å². The molecule has 1 aliphatic rings. The fourth-order valence-electron chi connectivity index (χ4n) is 3.32. The molecule has 1 atom stereocenters. The molecule has 1 heterocycles. The van der Waals surface area contributed by atoms with Gasteiger partial charge in [-0.1, -0.05) is 36.4 Å². The first-order chi connectivity index (χ1) is 14.3. The van der Waals surface area contributed by atoms with Gasteiger partial charge in [0, 0.05) is 26.2 Å². The summed E-state index contributed by atoms with van der Waals surface area (Å²) in [5.41, 5.74) is 1.11. The Bertz CT molecular complexity index is 852. The molecule has 1 saturated heterocycles. The third-order valence-corrected chi connectivity index (χ3v) is 5.10. The number of morpholine rings is 1. The minimum atomic E-state index is -4.53. The Kier molecular flexibility index (Phi) is 7.47. The van der Waals surface area contributed by atoms with Gasteiger partial charge < -0.3 is 15.4 Å². The number of nitrogens with one attached hydrogen (secondary N) is 2. The molecule has 0 saturated carbocycles. The number of alkyl halides is 3. The predicted octanol–water partition coefficient (Wildman–Crippen LogP) is 3.65. The van der Waals surface area contributed by atoms with Gasteiger partial charge in [0.25, 0.3) is 0 Å². The fraction of sp³-hybridized carbons (Fsp3) is 0.409. The number of hydrogen-bond acceptors (Lipinski definition) is 4. The molecule has 1 fully saturated rings. The number of hydrogen-bond donors (Lipinski definition) is 2. The molecule has 3 rings (SSSR count). The monoisotopic (exact) mass is 421 g/mol. The molecule has 1 unspecified atom stereocenters. The standard InChI is InChI=1S/C22H26F3N3O2/c1-16(21(29)27-20-9-5-4-8-19(20)22(23,24)25)26-14-17-6-2-3-7-18(17)15-28-10-12-30-13-11-28/h2-9,16,26H,10-15H2,1H3,(H,27,29). The average Bonchev–Trinajstić information content (AvgIpc) is 2.73. The first-order valence-electron chi connectivity index (χ1n) is 9.92. The van der Waals surface area contributed by atoms with Crippen LogP contribution in [-0.4, -0.2) is 43.2 Å². The van der Waals surface area contributed by atoms with E-state index in [4.69, 9.17) is 4.74 Å². The molecule has 0 radical (unpaired) electrons. The van der Waals surface area contributed by atoms with Crippen LogP contribution >= 0.6 is 0 Å². The van der Waals surface area contributed by atoms with Gasteiger partial charge in [0.2, 0.25) is 5.91 Å². The van der Waals surface area contributed by atoms with E-state index < -0.39 is 23.7 Å². The molecule has 30 heavy (non-hydrogen) atoms. The zero-order valence-electron chi connectivity index (χ0n) is 16.8. The zero-order valence-corrected chi connectivity index (χ0v) is 16.8. The maximum Gasteiger partial charge on any atom is 0.418 e. The largest absolute Gasteiger partial charge is 0.418 e. The second kappa shape index (κ2) is 10.1. The van der Waals surface area contributed by atoms with Gasteiger partial charge in [0.15, 0.2) is 0 Å². The summed E-state index contributed by atoms with van der Waals surface area (Å²) in [5.74, 6) is -0.516. The Morgan fingerprint density at radius 1 is 1.07 bits per heavy atom. The molecule has 2 N–H and O–H groups in total. The Labute approximate surface area is 174 Å². The third-order valence-electron chi connectivity index (χ3n) is 5.10. The highest BCUT2D eigenvalue weighted by Gasteiger charge is 2.33. The number of rotatable bonds is 7. The normalized spacial score (nSPS) is 16.3. The van der Waals surface area contributed by atoms with E-state index >= 15 is 0 Å². The van der Waals surface area contributed by atoms with E-state index in [1.165, 1.54) is 18.2 Å². The van der Waals surface area contributed by atoms with Gasteiger partial charge in [-0.05, 0) is 30.2 Å². The second-order valence-corrected chi connectivity index (χ2v) is 7.29. The smallest absolute Gasteiger partial charge is 0.379 e. The van der Waals surface area contributed by atoms with Crippen LogP contribution in [0.15, 0.2) is 48.5 Å². The Morgan fingerprint density at radius 2 is 1.70 bits per heavy atom. The molecular formula is C22H26F3N3O2. The molecular weight excluding hydrogens is 395 g/mol. The number of carbonyl (C=O) groups excluding carboxylic acids is 1. The molecule has 1 amide bonds. The van der Waals surface area contributed by atoms with Crippen molar-refractivity contribution in [2.75, 3.05) is 31.6 Å². The van der Waals surface area contributed by atoms with Gasteiger partial charge in [-0.3, -0.25) is 9.69 Å². The molecule has 2 aromatic carbocycles. The van der Waals surface area contributed by atoms with Crippen molar-refractivity contribution in [2.45, 2.75) is 32.2 Å². The third kappa shape index (κ3) is 6.04. The van der Waals surface area contributed by atoms with Crippen molar-refractivity contribution in [1.29, 1.82) is 0 Å². The minimum absolute atomic E-state index is 0.239. The lowest BCUT2D eigenvalue weighted by molar-refractivity contribution is -0.137. The number of carbonyl (C=O) groups is 1. The lowest BCUT2D eigenvalue weighted by atomic mass is 10.1. The van der Waals surface area contributed by atoms with Gasteiger partial charge in [0.1, 0.15) is 0 Å². The van der Waals surface area contributed by atoms with Crippen molar-refractivity contribution < 1.29 is 22.7 Å². The van der Waals surface area contributed by atoms with E-state index in [-0.39, 0.29) is 5.69 Å². The van der Waals surface area contributed by atoms with Crippen LogP contribution in [0.2, 0.25) is 0 Å². The number of nitrogens with zero attached hydrogens (tertiary/aromatic N) is 1. The maximum absolute atomic E-state index is 13.1. The topological polar surface area (TPSA) is 53.6 Å². The highest BCUT2D eigenvalue weighted by molar-refractivity contribution is 5.95. The summed E-state index contributed by atoms with van der Waals surface area (Å²) in [6.45, 7) is 6.05. The summed E-state index contributed by atoms with van der Waals surface area (Å²) < 4.78 is 44.8. The van der Waals surface area contributed by atoms with Crippen LogP contribution in [0, 0.1) is 0 Å². The molecule has 0 aliphatic carbocycles. The van der Waals surface area contributed by atoms with Crippen LogP contribution in [0.4, 0.5) is 18.9 Å². The molecule has 5 nitrogen and oxygen atoms in total. The van der Waals surface area contributed by atoms with E-state index in [0.29, 0.717) is 6.54 Å². The summed E-state index contributed by atoms with van der Waals surface area (Å²) in [5, 5.41) is 5.51. The zero-order chi connectivity index (χ0) is 21.6. The molecule has 162 valence electrons. The van der Waals surface area contributed by atoms with Crippen LogP contribution in [0.1, 0.15) is 23.6 Å². The fourth-order valence-corrected chi connectivity index (χ4v) is 3.32. The van der Waals surface area contributed by atoms with Crippen LogP contribution in [0.25, 0.3) is 0 Å². The summed E-state index contributed by atoms with van der Waals surface area (Å²) >= 11 is 0. The SMILES string of the molecule is CC(NCc1ccccc1CN1CCOCC1)C(=O)Nc1ccccc1C(F)(F)F. The number of amides is 1. The van der Waals surface area contributed by atoms with E-state index in [0.717, 1.165) is 50.0 Å². The maximum atomic E-state index is 13.1. The highest BCUT2D eigenvalue weighted by Crippen LogP contribution is 2.34. The van der Waals surface area contributed by atoms with Gasteiger partial charge in [-0.25, -0.2) is 0 Å². The molecule has 0 aromatic heterocycles. The quantitative estimate of drug-likeness (QED) is 0.717. The average molecular weight is 421 g/mol. The summed E-state index contributed by atoms with van der Waals surface area (Å²) in [6, 6.07) is 12.3. The van der Waals surface area contributed by atoms with E-state index in [9.17, 15) is 18.0 Å². The first kappa shape index (κ1) is 22.3. The molecule has 0 bridgehead atoms. The van der Waals surface area contributed by atoms with Crippen LogP contribution in [0.5, 0.6) is 0 Å². The highest BCUT2D eigenvalue weighted by atomic mass is 19.4. The van der Waals surface area contributed by atoms with Crippen molar-refractivity contribution >= 4 is 11.6 Å². The lowest BCUT2D eigenvalue weighted by Crippen LogP contribution is -2.38. The summed E-state index contributed by atoms with van der Waals surface area (Å²) in [4.78, 5) is 14.8. The van der Waals surface area contributed by atoms with Gasteiger partial charge in [-0.15, -0.1) is 0 Å². The van der Waals surface area contributed by atoms with Crippen molar-refractivity contribution in [3.8, 4) is 0 Å². The number of para-hydroxylation sites is 1. The summed E-state index contributed by atoms with van der Waals surface area (Å²) in [7, 11) is 0. The van der Waals surface area contributed by atoms with Gasteiger partial charge >= 0.3 is 6.18 Å². The van der Waals surface area contributed by atoms with Gasteiger partial charge in [-0.2, -0.15) is 13.2 Å². The molecule has 0 spiro atoms. The van der Waals surface area contributed by atoms with Crippen molar-refractivity contribution in [3.05, 3.63) is 65.2 Å². The van der Waals surface area contributed by atoms with Crippen molar-refractivity contribution in [3.63, 3.8) is 0 Å². The Balaban J connectivity index is 1.60. The van der Waals surface area contributed by atoms with E-state index in [2.05, 4.69) is 21.6 Å². The molecule has 2 aromatic rings. The Morgan fingerprint density at radius 3 is 2.40 bits per heavy atom. The number of ether oxygens (including phenoxy) is 1. The summed E-state index contributed by atoms with van der Waals surface area (Å²) in [6.07, 6.45) is -4.53. The minimum Gasteiger partial charge on any atom is -0.379 e. The van der Waals surface area contributed by atoms with Crippen molar-refractivity contribution in [1.82, 2.24) is 10.2 Å². The molecule has 8 heteroatoms. The number of benzene rings is 2. The predicted molar refractivity (Wildman–Crippen MR) is 109 cm³/mol. The van der Waals surface area contributed by atoms with Gasteiger partial charge in [0.05, 0.1) is 30.5 Å². The van der Waals surface area contributed by atoms with E-state index in [1.54, 1.807) is 6.92 Å². The number of halogens is 3. The van der Waals surface area contributed by atoms with Crippen LogP contribution < -0.4 is 10.6 Å². The van der Waals surface area contributed by atoms with E-state index in [1.807, 2.05) is 18.2 Å². The Hall–Kier alpha value is -2.42. The lowest BCUT2D eigenvalue weighted by Gasteiger charge is -2.27. The first-order valence-corrected chi connectivity index (χ1v) is 9.92. The number of anilines is 1. The van der Waals surface area contributed by atoms with Crippen LogP contribution in [0.3, 0.4) is 0 Å². The molecule has 1 aliphatic heterocycles.